The van der Waals surface area contributed by atoms with Crippen molar-refractivity contribution >= 4 is 28.5 Å². The van der Waals surface area contributed by atoms with Crippen LogP contribution in [0.1, 0.15) is 36.5 Å². The number of thioether (sulfide) groups is 1. The summed E-state index contributed by atoms with van der Waals surface area (Å²) in [5, 5.41) is 18.4. The van der Waals surface area contributed by atoms with E-state index >= 15 is 0 Å². The molecule has 5 rings (SSSR count). The first-order valence-corrected chi connectivity index (χ1v) is 14.4. The number of anilines is 1. The van der Waals surface area contributed by atoms with Crippen LogP contribution in [0.4, 0.5) is 18.9 Å². The number of carbonyl (C=O) groups is 1. The molecule has 4 aromatic rings. The average molecular weight is 611 g/mol. The van der Waals surface area contributed by atoms with Crippen LogP contribution in [0, 0.1) is 6.92 Å². The first kappa shape index (κ1) is 30.3. The molecule has 0 aliphatic carbocycles. The monoisotopic (exact) mass is 610 g/mol. The van der Waals surface area contributed by atoms with Crippen LogP contribution < -0.4 is 15.0 Å². The number of alkyl halides is 3. The van der Waals surface area contributed by atoms with Crippen LogP contribution in [0.25, 0.3) is 17.1 Å². The fourth-order valence-corrected chi connectivity index (χ4v) is 5.37. The Bertz CT molecular complexity index is 1620. The van der Waals surface area contributed by atoms with Crippen molar-refractivity contribution in [1.82, 2.24) is 20.1 Å². The van der Waals surface area contributed by atoms with Gasteiger partial charge in [-0.15, -0.1) is 18.3 Å². The number of halogens is 3. The van der Waals surface area contributed by atoms with Gasteiger partial charge in [0.15, 0.2) is 11.0 Å². The zero-order valence-corrected chi connectivity index (χ0v) is 24.4. The minimum atomic E-state index is -4.76. The Morgan fingerprint density at radius 1 is 1.09 bits per heavy atom. The van der Waals surface area contributed by atoms with Gasteiger partial charge in [0.1, 0.15) is 12.1 Å². The van der Waals surface area contributed by atoms with Gasteiger partial charge in [-0.25, -0.2) is 14.7 Å². The number of amides is 1. The maximum absolute atomic E-state index is 12.8. The fourth-order valence-electron chi connectivity index (χ4n) is 4.49. The number of hydrogen-bond acceptors (Lipinski definition) is 8. The number of aliphatic hydroxyl groups is 1. The molecule has 1 unspecified atom stereocenters. The van der Waals surface area contributed by atoms with Crippen LogP contribution in [0.5, 0.6) is 5.75 Å². The summed E-state index contributed by atoms with van der Waals surface area (Å²) in [6.07, 6.45) is -4.52. The highest BCUT2D eigenvalue weighted by molar-refractivity contribution is 8.15. The van der Waals surface area contributed by atoms with Crippen LogP contribution in [0.3, 0.4) is 0 Å². The van der Waals surface area contributed by atoms with Gasteiger partial charge in [0.2, 0.25) is 12.3 Å². The highest BCUT2D eigenvalue weighted by Crippen LogP contribution is 2.34. The van der Waals surface area contributed by atoms with Gasteiger partial charge in [-0.05, 0) is 54.3 Å². The number of aliphatic hydroxyl groups excluding tert-OH is 1. The zero-order chi connectivity index (χ0) is 30.7. The van der Waals surface area contributed by atoms with Crippen LogP contribution in [0.2, 0.25) is 0 Å². The molecule has 1 saturated heterocycles. The van der Waals surface area contributed by atoms with E-state index in [1.165, 1.54) is 47.0 Å². The van der Waals surface area contributed by atoms with Crippen molar-refractivity contribution in [2.24, 2.45) is 4.99 Å². The van der Waals surface area contributed by atoms with E-state index in [0.29, 0.717) is 23.2 Å². The summed E-state index contributed by atoms with van der Waals surface area (Å²) in [4.78, 5) is 23.0. The van der Waals surface area contributed by atoms with Gasteiger partial charge in [0.05, 0.1) is 17.1 Å². The van der Waals surface area contributed by atoms with Crippen molar-refractivity contribution in [3.05, 3.63) is 89.7 Å². The number of amidine groups is 1. The molecule has 13 heteroatoms. The number of ether oxygens (including phenoxy) is 1. The minimum absolute atomic E-state index is 0.0826. The lowest BCUT2D eigenvalue weighted by molar-refractivity contribution is -0.274. The van der Waals surface area contributed by atoms with E-state index < -0.39 is 12.7 Å². The number of nitrogens with one attached hydrogen (secondary N) is 1. The molecule has 0 saturated carbocycles. The second-order valence-electron chi connectivity index (χ2n) is 10.2. The molecule has 0 radical (unpaired) electrons. The molecule has 1 atom stereocenters. The summed E-state index contributed by atoms with van der Waals surface area (Å²) < 4.78 is 42.5. The molecule has 1 aromatic heterocycles. The van der Waals surface area contributed by atoms with Gasteiger partial charge >= 0.3 is 6.36 Å². The largest absolute Gasteiger partial charge is 0.573 e. The van der Waals surface area contributed by atoms with Crippen molar-refractivity contribution in [2.45, 2.75) is 45.9 Å². The lowest BCUT2D eigenvalue weighted by Crippen LogP contribution is -2.34. The molecule has 2 N–H and O–H groups in total. The first-order valence-electron chi connectivity index (χ1n) is 13.4. The van der Waals surface area contributed by atoms with Crippen LogP contribution in [-0.2, 0) is 11.3 Å². The van der Waals surface area contributed by atoms with Crippen LogP contribution in [-0.4, -0.2) is 49.4 Å². The predicted octanol–water partition coefficient (Wildman–Crippen LogP) is 5.77. The van der Waals surface area contributed by atoms with Gasteiger partial charge in [0.25, 0.3) is 0 Å². The van der Waals surface area contributed by atoms with Gasteiger partial charge in [-0.3, -0.25) is 15.0 Å². The Morgan fingerprint density at radius 2 is 1.81 bits per heavy atom. The number of aliphatic imine (C=N–C) groups is 1. The number of aryl methyl sites for hydroxylation is 1. The highest BCUT2D eigenvalue weighted by atomic mass is 32.2. The fraction of sp³-hybridized carbons (Fsp3) is 0.267. The molecule has 224 valence electrons. The number of aromatic nitrogens is 3. The highest BCUT2D eigenvalue weighted by Gasteiger charge is 2.32. The second-order valence-corrected chi connectivity index (χ2v) is 11.1. The molecule has 9 nitrogen and oxygen atoms in total. The number of hydrogen-bond donors (Lipinski definition) is 2. The molecule has 0 spiro atoms. The molecule has 1 amide bonds. The number of benzene rings is 3. The van der Waals surface area contributed by atoms with E-state index in [0.717, 1.165) is 27.9 Å². The molecular formula is C30H29F3N6O3S. The van der Waals surface area contributed by atoms with Gasteiger partial charge in [-0.2, -0.15) is 0 Å². The molecule has 1 aliphatic rings. The first-order chi connectivity index (χ1) is 20.5. The van der Waals surface area contributed by atoms with Gasteiger partial charge in [0, 0.05) is 12.1 Å². The smallest absolute Gasteiger partial charge is 0.406 e. The van der Waals surface area contributed by atoms with E-state index in [9.17, 15) is 23.1 Å². The Kier molecular flexibility index (Phi) is 8.85. The Morgan fingerprint density at radius 3 is 2.49 bits per heavy atom. The van der Waals surface area contributed by atoms with E-state index in [2.05, 4.69) is 45.0 Å². The summed E-state index contributed by atoms with van der Waals surface area (Å²) >= 11 is 1.29. The summed E-state index contributed by atoms with van der Waals surface area (Å²) in [5.74, 6) is 0.483. The van der Waals surface area contributed by atoms with Crippen LogP contribution >= 0.6 is 11.8 Å². The number of rotatable bonds is 9. The summed E-state index contributed by atoms with van der Waals surface area (Å²) in [6.45, 7) is 6.47. The van der Waals surface area contributed by atoms with Crippen molar-refractivity contribution in [3.8, 4) is 22.8 Å². The third kappa shape index (κ3) is 7.42. The van der Waals surface area contributed by atoms with Gasteiger partial charge in [-0.1, -0.05) is 67.6 Å². The van der Waals surface area contributed by atoms with Crippen molar-refractivity contribution in [2.75, 3.05) is 10.7 Å². The molecule has 43 heavy (non-hydrogen) atoms. The predicted molar refractivity (Wildman–Crippen MR) is 159 cm³/mol. The Hall–Kier alpha value is -4.20. The molecule has 0 bridgehead atoms. The average Bonchev–Trinajstić information content (AvgIpc) is 3.59. The molecular weight excluding hydrogens is 581 g/mol. The molecule has 2 heterocycles. The maximum Gasteiger partial charge on any atom is 0.573 e. The molecule has 1 fully saturated rings. The third-order valence-electron chi connectivity index (χ3n) is 6.57. The van der Waals surface area contributed by atoms with E-state index in [1.807, 2.05) is 43.3 Å². The number of nitrogens with zero attached hydrogens (tertiary/aromatic N) is 5. The summed E-state index contributed by atoms with van der Waals surface area (Å²) in [7, 11) is 0. The maximum atomic E-state index is 12.8. The zero-order valence-electron chi connectivity index (χ0n) is 23.5. The lowest BCUT2D eigenvalue weighted by atomic mass is 9.98. The van der Waals surface area contributed by atoms with E-state index in [1.54, 1.807) is 4.90 Å². The van der Waals surface area contributed by atoms with Crippen molar-refractivity contribution < 1.29 is 27.8 Å². The summed E-state index contributed by atoms with van der Waals surface area (Å²) in [6, 6.07) is 18.6. The topological polar surface area (TPSA) is 105 Å². The normalized spacial score (nSPS) is 15.5. The van der Waals surface area contributed by atoms with Crippen molar-refractivity contribution in [3.63, 3.8) is 0 Å². The second kappa shape index (κ2) is 12.6. The van der Waals surface area contributed by atoms with Crippen molar-refractivity contribution in [1.29, 1.82) is 0 Å². The van der Waals surface area contributed by atoms with Gasteiger partial charge < -0.3 is 9.84 Å². The van der Waals surface area contributed by atoms with Crippen LogP contribution in [0.15, 0.2) is 78.0 Å². The van der Waals surface area contributed by atoms with E-state index in [-0.39, 0.29) is 23.3 Å². The standard InChI is InChI=1S/C30H29F3N6O3S/c1-18(2)24-14-19(3)4-13-25(24)39-26(40)16-43-29(39)36-28(41)34-15-20-5-7-21(8-6-20)27-35-17-38(37-27)22-9-11-23(12-10-22)42-30(31,32)33/h4-14,17-18,28,34,41H,15-16H2,1-3H3. The Balaban J connectivity index is 1.21. The lowest BCUT2D eigenvalue weighted by Gasteiger charge is -2.23. The van der Waals surface area contributed by atoms with E-state index in [4.69, 9.17) is 0 Å². The molecule has 1 aliphatic heterocycles. The summed E-state index contributed by atoms with van der Waals surface area (Å²) in [5.41, 5.74) is 5.05. The minimum Gasteiger partial charge on any atom is -0.406 e. The molecule has 3 aromatic carbocycles. The third-order valence-corrected chi connectivity index (χ3v) is 7.51. The quantitative estimate of drug-likeness (QED) is 0.232. The Labute approximate surface area is 250 Å². The number of carbonyl (C=O) groups excluding carboxylic acids is 1. The SMILES string of the molecule is Cc1ccc(N2C(=O)CSC2=NC(O)NCc2ccc(-c3ncn(-c4ccc(OC(F)(F)F)cc4)n3)cc2)c(C(C)C)c1.